The number of methoxy groups -OCH3 is 2. The Morgan fingerprint density at radius 1 is 0.939 bits per heavy atom. The van der Waals surface area contributed by atoms with Gasteiger partial charge >= 0.3 is 0 Å². The van der Waals surface area contributed by atoms with E-state index in [2.05, 4.69) is 0 Å². The molecule has 0 bridgehead atoms. The monoisotopic (exact) mass is 464 g/mol. The molecule has 2 aliphatic rings. The van der Waals surface area contributed by atoms with Crippen molar-refractivity contribution in [1.29, 1.82) is 0 Å². The van der Waals surface area contributed by atoms with Gasteiger partial charge in [-0.1, -0.05) is 0 Å². The Hall–Kier alpha value is -3.38. The molecule has 0 saturated carbocycles. The van der Waals surface area contributed by atoms with Gasteiger partial charge in [-0.25, -0.2) is 0 Å². The van der Waals surface area contributed by atoms with Crippen LogP contribution in [0.2, 0.25) is 0 Å². The first-order chi connectivity index (χ1) is 15.8. The van der Waals surface area contributed by atoms with E-state index in [1.165, 1.54) is 38.5 Å². The van der Waals surface area contributed by atoms with Gasteiger partial charge in [-0.2, -0.15) is 0 Å². The zero-order valence-electron chi connectivity index (χ0n) is 17.7. The van der Waals surface area contributed by atoms with E-state index in [0.717, 1.165) is 6.07 Å². The predicted molar refractivity (Wildman–Crippen MR) is 111 cm³/mol. The number of aromatic hydroxyl groups is 3. The minimum absolute atomic E-state index is 0.0631. The molecule has 4 rings (SSSR count). The van der Waals surface area contributed by atoms with E-state index < -0.39 is 37.3 Å². The SMILES string of the molecule is COc1cc(C2Oc3cc(O)cc(O)c3C=C2O[C@H]2O[C@H](CO)[C@@H](O)[C@@H]2O)cc(OC)c1O. The Labute approximate surface area is 188 Å². The first-order valence-electron chi connectivity index (χ1n) is 9.95. The lowest BCUT2D eigenvalue weighted by molar-refractivity contribution is -0.154. The molecular weight excluding hydrogens is 440 g/mol. The van der Waals surface area contributed by atoms with Crippen molar-refractivity contribution in [3.63, 3.8) is 0 Å². The number of hydrogen-bond donors (Lipinski definition) is 6. The van der Waals surface area contributed by atoms with Crippen molar-refractivity contribution in [1.82, 2.24) is 0 Å². The summed E-state index contributed by atoms with van der Waals surface area (Å²) in [6.45, 7) is -0.535. The highest BCUT2D eigenvalue weighted by atomic mass is 16.7. The van der Waals surface area contributed by atoms with Gasteiger partial charge in [-0.05, 0) is 18.2 Å². The van der Waals surface area contributed by atoms with Gasteiger partial charge in [0.1, 0.15) is 41.3 Å². The quantitative estimate of drug-likeness (QED) is 0.357. The van der Waals surface area contributed by atoms with Gasteiger partial charge < -0.3 is 54.3 Å². The number of hydrogen-bond acceptors (Lipinski definition) is 11. The Morgan fingerprint density at radius 2 is 1.61 bits per heavy atom. The van der Waals surface area contributed by atoms with Crippen LogP contribution in [0.1, 0.15) is 17.2 Å². The summed E-state index contributed by atoms with van der Waals surface area (Å²) in [6, 6.07) is 5.38. The van der Waals surface area contributed by atoms with Crippen LogP contribution in [0.5, 0.6) is 34.5 Å². The maximum atomic E-state index is 10.3. The molecule has 1 unspecified atom stereocenters. The molecule has 11 heteroatoms. The van der Waals surface area contributed by atoms with Crippen LogP contribution >= 0.6 is 0 Å². The van der Waals surface area contributed by atoms with Crippen LogP contribution in [-0.4, -0.2) is 76.1 Å². The molecule has 6 N–H and O–H groups in total. The van der Waals surface area contributed by atoms with Gasteiger partial charge in [0.25, 0.3) is 0 Å². The number of phenols is 3. The maximum Gasteiger partial charge on any atom is 0.228 e. The highest BCUT2D eigenvalue weighted by Gasteiger charge is 2.45. The molecular formula is C22H24O11. The summed E-state index contributed by atoms with van der Waals surface area (Å²) in [4.78, 5) is 0. The smallest absolute Gasteiger partial charge is 0.228 e. The van der Waals surface area contributed by atoms with Gasteiger partial charge in [0, 0.05) is 17.7 Å². The second-order valence-corrected chi connectivity index (χ2v) is 7.52. The van der Waals surface area contributed by atoms with E-state index in [1.54, 1.807) is 0 Å². The Bertz CT molecular complexity index is 1040. The number of ether oxygens (including phenoxy) is 5. The molecule has 0 amide bonds. The molecule has 0 spiro atoms. The molecule has 2 aromatic rings. The molecule has 0 aromatic heterocycles. The number of aliphatic hydroxyl groups is 3. The van der Waals surface area contributed by atoms with Crippen molar-refractivity contribution in [3.05, 3.63) is 41.2 Å². The van der Waals surface area contributed by atoms with Crippen molar-refractivity contribution in [2.45, 2.75) is 30.7 Å². The van der Waals surface area contributed by atoms with E-state index in [0.29, 0.717) is 5.56 Å². The van der Waals surface area contributed by atoms with E-state index in [9.17, 15) is 30.6 Å². The fourth-order valence-electron chi connectivity index (χ4n) is 3.73. The second-order valence-electron chi connectivity index (χ2n) is 7.52. The molecule has 11 nitrogen and oxygen atoms in total. The van der Waals surface area contributed by atoms with Crippen molar-refractivity contribution in [2.24, 2.45) is 0 Å². The molecule has 178 valence electrons. The van der Waals surface area contributed by atoms with Crippen LogP contribution in [-0.2, 0) is 9.47 Å². The van der Waals surface area contributed by atoms with Crippen LogP contribution in [0.15, 0.2) is 30.0 Å². The van der Waals surface area contributed by atoms with Crippen molar-refractivity contribution in [3.8, 4) is 34.5 Å². The fraction of sp³-hybridized carbons (Fsp3) is 0.364. The number of rotatable bonds is 6. The van der Waals surface area contributed by atoms with Gasteiger partial charge in [0.05, 0.1) is 26.4 Å². The Balaban J connectivity index is 1.78. The third-order valence-corrected chi connectivity index (χ3v) is 5.45. The average molecular weight is 464 g/mol. The summed E-state index contributed by atoms with van der Waals surface area (Å²) in [5.41, 5.74) is 0.594. The third-order valence-electron chi connectivity index (χ3n) is 5.45. The third kappa shape index (κ3) is 4.07. The molecule has 2 aromatic carbocycles. The molecule has 5 atom stereocenters. The van der Waals surface area contributed by atoms with Gasteiger partial charge in [-0.3, -0.25) is 0 Å². The summed E-state index contributed by atoms with van der Waals surface area (Å²) < 4.78 is 27.6. The summed E-state index contributed by atoms with van der Waals surface area (Å²) in [6.07, 6.45) is -4.85. The second kappa shape index (κ2) is 8.87. The topological polar surface area (TPSA) is 168 Å². The first kappa shape index (κ1) is 22.8. The van der Waals surface area contributed by atoms with Crippen molar-refractivity contribution in [2.75, 3.05) is 20.8 Å². The van der Waals surface area contributed by atoms with E-state index >= 15 is 0 Å². The Kier molecular flexibility index (Phi) is 6.13. The largest absolute Gasteiger partial charge is 0.508 e. The fourth-order valence-corrected chi connectivity index (χ4v) is 3.73. The minimum Gasteiger partial charge on any atom is -0.508 e. The summed E-state index contributed by atoms with van der Waals surface area (Å²) in [5, 5.41) is 60.1. The molecule has 2 heterocycles. The lowest BCUT2D eigenvalue weighted by atomic mass is 10.0. The van der Waals surface area contributed by atoms with E-state index in [1.807, 2.05) is 0 Å². The van der Waals surface area contributed by atoms with Crippen LogP contribution in [0.3, 0.4) is 0 Å². The summed E-state index contributed by atoms with van der Waals surface area (Å²) >= 11 is 0. The van der Waals surface area contributed by atoms with Gasteiger partial charge in [0.15, 0.2) is 17.6 Å². The number of phenolic OH excluding ortho intramolecular Hbond substituents is 3. The molecule has 0 radical (unpaired) electrons. The highest BCUT2D eigenvalue weighted by molar-refractivity contribution is 5.70. The number of aliphatic hydroxyl groups excluding tert-OH is 3. The lowest BCUT2D eigenvalue weighted by Gasteiger charge is -2.30. The molecule has 1 saturated heterocycles. The van der Waals surface area contributed by atoms with Crippen LogP contribution in [0.4, 0.5) is 0 Å². The molecule has 1 fully saturated rings. The minimum atomic E-state index is -1.47. The molecule has 2 aliphatic heterocycles. The first-order valence-corrected chi connectivity index (χ1v) is 9.95. The average Bonchev–Trinajstić information content (AvgIpc) is 3.07. The van der Waals surface area contributed by atoms with Crippen LogP contribution < -0.4 is 14.2 Å². The Morgan fingerprint density at radius 3 is 2.18 bits per heavy atom. The van der Waals surface area contributed by atoms with Crippen molar-refractivity contribution < 1.29 is 54.3 Å². The van der Waals surface area contributed by atoms with Crippen LogP contribution in [0.25, 0.3) is 6.08 Å². The molecule has 33 heavy (non-hydrogen) atoms. The van der Waals surface area contributed by atoms with Crippen molar-refractivity contribution >= 4 is 6.08 Å². The summed E-state index contributed by atoms with van der Waals surface area (Å²) in [7, 11) is 2.72. The standard InChI is InChI=1S/C22H24O11/c1-29-14-3-9(4-15(30-2)18(14)26)21-16(32-22-20(28)19(27)17(8-23)33-22)7-11-12(25)5-10(24)6-13(11)31-21/h3-7,17,19-28H,8H2,1-2H3/t17-,19-,20+,21?,22+/m1/s1. The predicted octanol–water partition coefficient (Wildman–Crippen LogP) is 0.751. The van der Waals surface area contributed by atoms with Gasteiger partial charge in [0.2, 0.25) is 12.0 Å². The lowest BCUT2D eigenvalue weighted by Crippen LogP contribution is -2.35. The number of fused-ring (bicyclic) bond motifs is 1. The van der Waals surface area contributed by atoms with Crippen LogP contribution in [0, 0.1) is 0 Å². The highest BCUT2D eigenvalue weighted by Crippen LogP contribution is 2.47. The zero-order valence-corrected chi connectivity index (χ0v) is 17.7. The van der Waals surface area contributed by atoms with E-state index in [-0.39, 0.29) is 45.8 Å². The maximum absolute atomic E-state index is 10.3. The number of benzene rings is 2. The van der Waals surface area contributed by atoms with E-state index in [4.69, 9.17) is 23.7 Å². The summed E-state index contributed by atoms with van der Waals surface area (Å²) in [5.74, 6) is -0.372. The normalized spacial score (nSPS) is 26.2. The van der Waals surface area contributed by atoms with Gasteiger partial charge in [-0.15, -0.1) is 0 Å². The molecule has 0 aliphatic carbocycles. The zero-order chi connectivity index (χ0) is 23.9.